The SMILES string of the molecule is C=C(C)CC(NC)c1ccc(F)cc1C. The predicted octanol–water partition coefficient (Wildman–Crippen LogP) is 3.36. The summed E-state index contributed by atoms with van der Waals surface area (Å²) < 4.78 is 12.9. The first-order valence-electron chi connectivity index (χ1n) is 5.12. The van der Waals surface area contributed by atoms with E-state index in [4.69, 9.17) is 0 Å². The number of nitrogens with one attached hydrogen (secondary N) is 1. The van der Waals surface area contributed by atoms with E-state index < -0.39 is 0 Å². The minimum absolute atomic E-state index is 0.179. The summed E-state index contributed by atoms with van der Waals surface area (Å²) in [5.41, 5.74) is 3.25. The van der Waals surface area contributed by atoms with Gasteiger partial charge in [-0.15, -0.1) is 6.58 Å². The molecule has 0 fully saturated rings. The summed E-state index contributed by atoms with van der Waals surface area (Å²) in [6.07, 6.45) is 0.878. The normalized spacial score (nSPS) is 12.5. The van der Waals surface area contributed by atoms with Crippen molar-refractivity contribution in [2.75, 3.05) is 7.05 Å². The molecule has 0 aliphatic rings. The fourth-order valence-corrected chi connectivity index (χ4v) is 1.75. The van der Waals surface area contributed by atoms with Crippen molar-refractivity contribution < 1.29 is 4.39 Å². The Labute approximate surface area is 91.0 Å². The van der Waals surface area contributed by atoms with Gasteiger partial charge in [0.25, 0.3) is 0 Å². The van der Waals surface area contributed by atoms with Crippen molar-refractivity contribution in [2.24, 2.45) is 0 Å². The number of rotatable bonds is 4. The van der Waals surface area contributed by atoms with Crippen LogP contribution in [-0.4, -0.2) is 7.05 Å². The second-order valence-electron chi connectivity index (χ2n) is 4.00. The fourth-order valence-electron chi connectivity index (χ4n) is 1.75. The first kappa shape index (κ1) is 11.9. The summed E-state index contributed by atoms with van der Waals surface area (Å²) in [6.45, 7) is 7.84. The molecule has 0 aliphatic heterocycles. The molecule has 1 rings (SSSR count). The third kappa shape index (κ3) is 3.17. The number of halogens is 1. The minimum Gasteiger partial charge on any atom is -0.313 e. The summed E-state index contributed by atoms with van der Waals surface area (Å²) >= 11 is 0. The zero-order valence-electron chi connectivity index (χ0n) is 9.60. The molecule has 1 N–H and O–H groups in total. The van der Waals surface area contributed by atoms with Crippen LogP contribution in [0.1, 0.15) is 30.5 Å². The Morgan fingerprint density at radius 1 is 1.53 bits per heavy atom. The van der Waals surface area contributed by atoms with Crippen molar-refractivity contribution in [2.45, 2.75) is 26.3 Å². The number of aryl methyl sites for hydroxylation is 1. The average Bonchev–Trinajstić information content (AvgIpc) is 2.14. The van der Waals surface area contributed by atoms with Crippen LogP contribution in [0.25, 0.3) is 0 Å². The summed E-state index contributed by atoms with van der Waals surface area (Å²) in [6, 6.07) is 5.14. The molecule has 0 saturated heterocycles. The van der Waals surface area contributed by atoms with Crippen LogP contribution in [0.4, 0.5) is 4.39 Å². The van der Waals surface area contributed by atoms with Crippen molar-refractivity contribution >= 4 is 0 Å². The maximum atomic E-state index is 12.9. The van der Waals surface area contributed by atoms with Gasteiger partial charge in [0.2, 0.25) is 0 Å². The Kier molecular flexibility index (Phi) is 4.04. The van der Waals surface area contributed by atoms with Gasteiger partial charge in [-0.25, -0.2) is 4.39 Å². The lowest BCUT2D eigenvalue weighted by molar-refractivity contribution is 0.580. The van der Waals surface area contributed by atoms with E-state index in [-0.39, 0.29) is 11.9 Å². The maximum Gasteiger partial charge on any atom is 0.123 e. The molecule has 1 nitrogen and oxygen atoms in total. The third-order valence-corrected chi connectivity index (χ3v) is 2.51. The Bertz CT molecular complexity index is 358. The second kappa shape index (κ2) is 5.08. The molecule has 1 atom stereocenters. The molecule has 1 unspecified atom stereocenters. The molecule has 2 heteroatoms. The van der Waals surface area contributed by atoms with E-state index >= 15 is 0 Å². The van der Waals surface area contributed by atoms with E-state index in [1.807, 2.05) is 27.0 Å². The molecule has 82 valence electrons. The largest absolute Gasteiger partial charge is 0.313 e. The molecule has 0 heterocycles. The lowest BCUT2D eigenvalue weighted by Gasteiger charge is -2.18. The highest BCUT2D eigenvalue weighted by atomic mass is 19.1. The molecule has 1 aromatic rings. The van der Waals surface area contributed by atoms with Crippen LogP contribution < -0.4 is 5.32 Å². The highest BCUT2D eigenvalue weighted by Crippen LogP contribution is 2.23. The van der Waals surface area contributed by atoms with Gasteiger partial charge in [0.1, 0.15) is 5.82 Å². The molecule has 0 aromatic heterocycles. The molecule has 0 spiro atoms. The molecule has 0 bridgehead atoms. The van der Waals surface area contributed by atoms with Crippen molar-refractivity contribution in [1.82, 2.24) is 5.32 Å². The van der Waals surface area contributed by atoms with Gasteiger partial charge in [-0.05, 0) is 50.6 Å². The quantitative estimate of drug-likeness (QED) is 0.746. The van der Waals surface area contributed by atoms with E-state index in [2.05, 4.69) is 11.9 Å². The van der Waals surface area contributed by atoms with Gasteiger partial charge in [-0.3, -0.25) is 0 Å². The van der Waals surface area contributed by atoms with Gasteiger partial charge < -0.3 is 5.32 Å². The number of benzene rings is 1. The van der Waals surface area contributed by atoms with Crippen molar-refractivity contribution in [1.29, 1.82) is 0 Å². The smallest absolute Gasteiger partial charge is 0.123 e. The Balaban J connectivity index is 2.96. The summed E-state index contributed by atoms with van der Waals surface area (Å²) in [5.74, 6) is -0.179. The Hall–Kier alpha value is -1.15. The second-order valence-corrected chi connectivity index (χ2v) is 4.00. The minimum atomic E-state index is -0.179. The van der Waals surface area contributed by atoms with Crippen molar-refractivity contribution in [3.63, 3.8) is 0 Å². The van der Waals surface area contributed by atoms with E-state index in [0.29, 0.717) is 0 Å². The van der Waals surface area contributed by atoms with E-state index in [9.17, 15) is 4.39 Å². The van der Waals surface area contributed by atoms with Crippen LogP contribution in [-0.2, 0) is 0 Å². The van der Waals surface area contributed by atoms with Gasteiger partial charge in [0, 0.05) is 6.04 Å². The van der Waals surface area contributed by atoms with Gasteiger partial charge in [0.15, 0.2) is 0 Å². The molecular weight excluding hydrogens is 189 g/mol. The monoisotopic (exact) mass is 207 g/mol. The highest BCUT2D eigenvalue weighted by Gasteiger charge is 2.11. The molecule has 0 amide bonds. The molecule has 1 aromatic carbocycles. The number of hydrogen-bond acceptors (Lipinski definition) is 1. The molecule has 0 saturated carbocycles. The number of hydrogen-bond donors (Lipinski definition) is 1. The standard InChI is InChI=1S/C13H18FN/c1-9(2)7-13(15-4)12-6-5-11(14)8-10(12)3/h5-6,8,13,15H,1,7H2,2-4H3. The Morgan fingerprint density at radius 3 is 2.67 bits per heavy atom. The van der Waals surface area contributed by atoms with Crippen LogP contribution in [0.15, 0.2) is 30.4 Å². The molecule has 0 aliphatic carbocycles. The first-order valence-corrected chi connectivity index (χ1v) is 5.12. The summed E-state index contributed by atoms with van der Waals surface area (Å²) in [4.78, 5) is 0. The molecular formula is C13H18FN. The lowest BCUT2D eigenvalue weighted by Crippen LogP contribution is -2.17. The van der Waals surface area contributed by atoms with Crippen molar-refractivity contribution in [3.8, 4) is 0 Å². The van der Waals surface area contributed by atoms with Gasteiger partial charge in [-0.2, -0.15) is 0 Å². The van der Waals surface area contributed by atoms with E-state index in [1.165, 1.54) is 6.07 Å². The van der Waals surface area contributed by atoms with E-state index in [0.717, 1.165) is 23.1 Å². The average molecular weight is 207 g/mol. The zero-order valence-corrected chi connectivity index (χ0v) is 9.60. The Morgan fingerprint density at radius 2 is 2.20 bits per heavy atom. The van der Waals surface area contributed by atoms with Gasteiger partial charge in [0.05, 0.1) is 0 Å². The fraction of sp³-hybridized carbons (Fsp3) is 0.385. The topological polar surface area (TPSA) is 12.0 Å². The molecule has 15 heavy (non-hydrogen) atoms. The maximum absolute atomic E-state index is 12.9. The van der Waals surface area contributed by atoms with Crippen LogP contribution in [0.5, 0.6) is 0 Å². The van der Waals surface area contributed by atoms with E-state index in [1.54, 1.807) is 6.07 Å². The van der Waals surface area contributed by atoms with Crippen LogP contribution in [0.2, 0.25) is 0 Å². The summed E-state index contributed by atoms with van der Waals surface area (Å²) in [5, 5.41) is 3.23. The third-order valence-electron chi connectivity index (χ3n) is 2.51. The van der Waals surface area contributed by atoms with Gasteiger partial charge >= 0.3 is 0 Å². The first-order chi connectivity index (χ1) is 7.04. The lowest BCUT2D eigenvalue weighted by atomic mass is 9.96. The predicted molar refractivity (Wildman–Crippen MR) is 62.4 cm³/mol. The van der Waals surface area contributed by atoms with Crippen LogP contribution in [0, 0.1) is 12.7 Å². The molecule has 0 radical (unpaired) electrons. The van der Waals surface area contributed by atoms with Crippen molar-refractivity contribution in [3.05, 3.63) is 47.3 Å². The highest BCUT2D eigenvalue weighted by molar-refractivity contribution is 5.30. The van der Waals surface area contributed by atoms with Crippen LogP contribution in [0.3, 0.4) is 0 Å². The van der Waals surface area contributed by atoms with Gasteiger partial charge in [-0.1, -0.05) is 11.6 Å². The zero-order chi connectivity index (χ0) is 11.4. The van der Waals surface area contributed by atoms with Crippen LogP contribution >= 0.6 is 0 Å². The summed E-state index contributed by atoms with van der Waals surface area (Å²) in [7, 11) is 1.91.